The lowest BCUT2D eigenvalue weighted by Crippen LogP contribution is -2.08. The smallest absolute Gasteiger partial charge is 0.262 e. The van der Waals surface area contributed by atoms with Gasteiger partial charge >= 0.3 is 0 Å². The Morgan fingerprint density at radius 1 is 0.913 bits per heavy atom. The molecule has 0 amide bonds. The average Bonchev–Trinajstić information content (AvgIpc) is 3.00. The first-order valence-corrected chi connectivity index (χ1v) is 7.49. The maximum Gasteiger partial charge on any atom is 0.262 e. The van der Waals surface area contributed by atoms with Gasteiger partial charge in [-0.1, -0.05) is 42.5 Å². The topological polar surface area (TPSA) is 66.5 Å². The van der Waals surface area contributed by atoms with Crippen molar-refractivity contribution in [2.24, 2.45) is 0 Å². The highest BCUT2D eigenvalue weighted by Crippen LogP contribution is 2.21. The minimum atomic E-state index is -0.240. The molecule has 0 aliphatic rings. The Kier molecular flexibility index (Phi) is 3.17. The molecule has 5 nitrogen and oxygen atoms in total. The van der Waals surface area contributed by atoms with Crippen LogP contribution in [0.15, 0.2) is 65.6 Å². The number of fused-ring (bicyclic) bond motifs is 1. The van der Waals surface area contributed by atoms with Crippen LogP contribution < -0.4 is 5.56 Å². The van der Waals surface area contributed by atoms with Gasteiger partial charge in [-0.3, -0.25) is 9.78 Å². The van der Waals surface area contributed by atoms with Gasteiger partial charge in [0.05, 0.1) is 11.9 Å². The Labute approximate surface area is 136 Å². The molecular formula is C17H12N4OS. The molecule has 112 valence electrons. The lowest BCUT2D eigenvalue weighted by atomic mass is 10.1. The number of hydrogen-bond acceptors (Lipinski definition) is 3. The number of nitrogens with one attached hydrogen (secondary N) is 2. The van der Waals surface area contributed by atoms with Crippen LogP contribution in [-0.2, 0) is 0 Å². The summed E-state index contributed by atoms with van der Waals surface area (Å²) in [6.07, 6.45) is 1.53. The predicted molar refractivity (Wildman–Crippen MR) is 92.3 cm³/mol. The van der Waals surface area contributed by atoms with Crippen LogP contribution in [0.25, 0.3) is 27.8 Å². The van der Waals surface area contributed by atoms with Gasteiger partial charge in [0.1, 0.15) is 11.0 Å². The zero-order chi connectivity index (χ0) is 15.8. The molecule has 6 heteroatoms. The summed E-state index contributed by atoms with van der Waals surface area (Å²) in [5.74, 6) is 0. The lowest BCUT2D eigenvalue weighted by Gasteiger charge is -2.06. The molecule has 2 aromatic carbocycles. The molecule has 0 radical (unpaired) electrons. The summed E-state index contributed by atoms with van der Waals surface area (Å²) in [5.41, 5.74) is 3.48. The fourth-order valence-electron chi connectivity index (χ4n) is 2.57. The van der Waals surface area contributed by atoms with E-state index in [0.29, 0.717) is 11.0 Å². The molecule has 0 spiro atoms. The van der Waals surface area contributed by atoms with Crippen LogP contribution in [0.5, 0.6) is 0 Å². The van der Waals surface area contributed by atoms with Crippen LogP contribution in [0.4, 0.5) is 0 Å². The van der Waals surface area contributed by atoms with Gasteiger partial charge in [0.2, 0.25) is 0 Å². The summed E-state index contributed by atoms with van der Waals surface area (Å²) >= 11 is 5.03. The van der Waals surface area contributed by atoms with Crippen molar-refractivity contribution < 1.29 is 0 Å². The molecule has 4 rings (SSSR count). The molecule has 2 heterocycles. The highest BCUT2D eigenvalue weighted by Gasteiger charge is 2.08. The molecule has 0 saturated carbocycles. The highest BCUT2D eigenvalue weighted by molar-refractivity contribution is 7.71. The molecule has 0 aliphatic heterocycles. The Morgan fingerprint density at radius 2 is 1.61 bits per heavy atom. The molecule has 0 unspecified atom stereocenters. The van der Waals surface area contributed by atoms with E-state index in [9.17, 15) is 4.79 Å². The van der Waals surface area contributed by atoms with E-state index in [2.05, 4.69) is 27.2 Å². The standard InChI is InChI=1S/C17H12N4OS/c22-16-14-10-18-21(15(14)19-17(23)20-16)13-8-6-12(7-9-13)11-4-2-1-3-5-11/h1-10H,(H2,19,20,22,23). The Hall–Kier alpha value is -2.99. The van der Waals surface area contributed by atoms with E-state index in [1.807, 2.05) is 42.5 Å². The normalized spacial score (nSPS) is 11.0. The van der Waals surface area contributed by atoms with E-state index in [0.717, 1.165) is 16.8 Å². The molecule has 0 atom stereocenters. The molecule has 0 saturated heterocycles. The van der Waals surface area contributed by atoms with Crippen molar-refractivity contribution in [1.29, 1.82) is 0 Å². The first-order valence-electron chi connectivity index (χ1n) is 7.08. The third kappa shape index (κ3) is 2.39. The summed E-state index contributed by atoms with van der Waals surface area (Å²) < 4.78 is 1.96. The molecule has 23 heavy (non-hydrogen) atoms. The molecule has 2 aromatic heterocycles. The maximum absolute atomic E-state index is 11.9. The molecule has 4 aromatic rings. The maximum atomic E-state index is 11.9. The number of H-pyrrole nitrogens is 2. The van der Waals surface area contributed by atoms with Crippen LogP contribution in [0.3, 0.4) is 0 Å². The van der Waals surface area contributed by atoms with Crippen molar-refractivity contribution in [2.45, 2.75) is 0 Å². The second-order valence-corrected chi connectivity index (χ2v) is 5.55. The Bertz CT molecular complexity index is 1090. The van der Waals surface area contributed by atoms with E-state index in [1.165, 1.54) is 6.20 Å². The molecule has 0 bridgehead atoms. The van der Waals surface area contributed by atoms with Crippen LogP contribution in [-0.4, -0.2) is 19.7 Å². The predicted octanol–water partition coefficient (Wildman–Crippen LogP) is 3.44. The van der Waals surface area contributed by atoms with Crippen LogP contribution in [0, 0.1) is 4.77 Å². The Balaban J connectivity index is 1.83. The highest BCUT2D eigenvalue weighted by atomic mass is 32.1. The van der Waals surface area contributed by atoms with Crippen molar-refractivity contribution in [2.75, 3.05) is 0 Å². The quantitative estimate of drug-likeness (QED) is 0.556. The summed E-state index contributed by atoms with van der Waals surface area (Å²) in [6, 6.07) is 18.1. The van der Waals surface area contributed by atoms with Crippen LogP contribution in [0.2, 0.25) is 0 Å². The zero-order valence-corrected chi connectivity index (χ0v) is 12.8. The minimum absolute atomic E-state index is 0.240. The van der Waals surface area contributed by atoms with E-state index in [-0.39, 0.29) is 10.3 Å². The first-order chi connectivity index (χ1) is 11.2. The molecule has 0 aliphatic carbocycles. The number of aromatic amines is 2. The third-order valence-electron chi connectivity index (χ3n) is 3.69. The van der Waals surface area contributed by atoms with Crippen LogP contribution >= 0.6 is 12.2 Å². The third-order valence-corrected chi connectivity index (χ3v) is 3.90. The number of hydrogen-bond donors (Lipinski definition) is 2. The average molecular weight is 320 g/mol. The molecule has 0 fully saturated rings. The van der Waals surface area contributed by atoms with Gasteiger partial charge in [0.25, 0.3) is 5.56 Å². The number of rotatable bonds is 2. The number of benzene rings is 2. The first kappa shape index (κ1) is 13.7. The molecular weight excluding hydrogens is 308 g/mol. The van der Waals surface area contributed by atoms with Crippen molar-refractivity contribution in [3.8, 4) is 16.8 Å². The summed E-state index contributed by atoms with van der Waals surface area (Å²) in [6.45, 7) is 0. The van der Waals surface area contributed by atoms with Crippen molar-refractivity contribution in [3.05, 3.63) is 75.9 Å². The minimum Gasteiger partial charge on any atom is -0.316 e. The zero-order valence-electron chi connectivity index (χ0n) is 12.0. The van der Waals surface area contributed by atoms with Gasteiger partial charge in [0.15, 0.2) is 4.77 Å². The second kappa shape index (κ2) is 5.33. The van der Waals surface area contributed by atoms with Gasteiger partial charge in [-0.15, -0.1) is 0 Å². The van der Waals surface area contributed by atoms with Gasteiger partial charge in [0, 0.05) is 0 Å². The van der Waals surface area contributed by atoms with E-state index < -0.39 is 0 Å². The van der Waals surface area contributed by atoms with E-state index in [4.69, 9.17) is 12.2 Å². The van der Waals surface area contributed by atoms with Crippen molar-refractivity contribution >= 4 is 23.3 Å². The van der Waals surface area contributed by atoms with Gasteiger partial charge in [-0.2, -0.15) is 5.10 Å². The Morgan fingerprint density at radius 3 is 2.35 bits per heavy atom. The van der Waals surface area contributed by atoms with Crippen molar-refractivity contribution in [1.82, 2.24) is 19.7 Å². The summed E-state index contributed by atoms with van der Waals surface area (Å²) in [4.78, 5) is 17.4. The second-order valence-electron chi connectivity index (χ2n) is 5.14. The fourth-order valence-corrected chi connectivity index (χ4v) is 2.75. The number of aromatic nitrogens is 4. The van der Waals surface area contributed by atoms with E-state index >= 15 is 0 Å². The lowest BCUT2D eigenvalue weighted by molar-refractivity contribution is 0.893. The van der Waals surface area contributed by atoms with Gasteiger partial charge in [-0.05, 0) is 35.5 Å². The van der Waals surface area contributed by atoms with Gasteiger partial charge < -0.3 is 4.98 Å². The molecule has 2 N–H and O–H groups in total. The largest absolute Gasteiger partial charge is 0.316 e. The monoisotopic (exact) mass is 320 g/mol. The van der Waals surface area contributed by atoms with Crippen LogP contribution in [0.1, 0.15) is 0 Å². The van der Waals surface area contributed by atoms with Crippen molar-refractivity contribution in [3.63, 3.8) is 0 Å². The van der Waals surface area contributed by atoms with Gasteiger partial charge in [-0.25, -0.2) is 4.68 Å². The number of nitrogens with zero attached hydrogens (tertiary/aromatic N) is 2. The SMILES string of the molecule is O=c1[nH]c(=S)[nH]c2c1cnn2-c1ccc(-c2ccccc2)cc1. The fraction of sp³-hybridized carbons (Fsp3) is 0. The van der Waals surface area contributed by atoms with E-state index in [1.54, 1.807) is 4.68 Å². The summed E-state index contributed by atoms with van der Waals surface area (Å²) in [7, 11) is 0. The summed E-state index contributed by atoms with van der Waals surface area (Å²) in [5, 5.41) is 4.77.